The van der Waals surface area contributed by atoms with Crippen molar-refractivity contribution in [3.63, 3.8) is 0 Å². The first-order chi connectivity index (χ1) is 16.8. The molecule has 4 rings (SSSR count). The minimum Gasteiger partial charge on any atom is -0.487 e. The maximum Gasteiger partial charge on any atom is 0.328 e. The first kappa shape index (κ1) is 25.2. The topological polar surface area (TPSA) is 102 Å². The molecule has 4 aromatic rings. The maximum absolute atomic E-state index is 13.1. The summed E-state index contributed by atoms with van der Waals surface area (Å²) in [6, 6.07) is 18.6. The fourth-order valence-corrected chi connectivity index (χ4v) is 3.48. The Kier molecular flexibility index (Phi) is 8.34. The highest BCUT2D eigenvalue weighted by Crippen LogP contribution is 2.32. The lowest BCUT2D eigenvalue weighted by Gasteiger charge is -2.13. The molecule has 0 radical (unpaired) electrons. The molecule has 0 saturated heterocycles. The van der Waals surface area contributed by atoms with Crippen LogP contribution >= 0.6 is 0 Å². The molecule has 7 nitrogen and oxygen atoms in total. The molecule has 0 atom stereocenters. The number of carboxylic acids is 2. The molecule has 0 amide bonds. The number of aromatic nitrogens is 2. The van der Waals surface area contributed by atoms with Crippen molar-refractivity contribution < 1.29 is 28.9 Å². The van der Waals surface area contributed by atoms with Crippen molar-refractivity contribution in [3.8, 4) is 5.75 Å². The summed E-state index contributed by atoms with van der Waals surface area (Å²) in [6.45, 7) is 5.35. The second-order valence-corrected chi connectivity index (χ2v) is 7.71. The average Bonchev–Trinajstić information content (AvgIpc) is 3.09. The van der Waals surface area contributed by atoms with Gasteiger partial charge in [0.25, 0.3) is 0 Å². The van der Waals surface area contributed by atoms with Crippen LogP contribution in [0.5, 0.6) is 5.75 Å². The number of hydrogen-bond donors (Lipinski definition) is 2. The average molecular weight is 477 g/mol. The summed E-state index contributed by atoms with van der Waals surface area (Å²) in [6.07, 6.45) is 2.90. The zero-order valence-corrected chi connectivity index (χ0v) is 19.3. The van der Waals surface area contributed by atoms with E-state index in [0.717, 1.165) is 34.5 Å². The van der Waals surface area contributed by atoms with Gasteiger partial charge in [-0.2, -0.15) is 0 Å². The lowest BCUT2D eigenvalue weighted by atomic mass is 10.2. The second-order valence-electron chi connectivity index (χ2n) is 7.71. The summed E-state index contributed by atoms with van der Waals surface area (Å²) >= 11 is 0. The molecule has 0 aliphatic rings. The van der Waals surface area contributed by atoms with Crippen molar-refractivity contribution in [2.75, 3.05) is 0 Å². The lowest BCUT2D eigenvalue weighted by molar-refractivity contribution is -0.134. The third-order valence-corrected chi connectivity index (χ3v) is 5.32. The molecule has 35 heavy (non-hydrogen) atoms. The molecule has 2 aromatic heterocycles. The Morgan fingerprint density at radius 2 is 1.57 bits per heavy atom. The van der Waals surface area contributed by atoms with Crippen LogP contribution in [0.3, 0.4) is 0 Å². The van der Waals surface area contributed by atoms with Gasteiger partial charge in [0, 0.05) is 36.7 Å². The third kappa shape index (κ3) is 6.77. The van der Waals surface area contributed by atoms with Gasteiger partial charge in [-0.1, -0.05) is 42.5 Å². The predicted molar refractivity (Wildman–Crippen MR) is 130 cm³/mol. The van der Waals surface area contributed by atoms with E-state index in [0.29, 0.717) is 18.8 Å². The Morgan fingerprint density at radius 3 is 2.17 bits per heavy atom. The maximum atomic E-state index is 13.1. The van der Waals surface area contributed by atoms with Crippen molar-refractivity contribution in [2.24, 2.45) is 0 Å². The van der Waals surface area contributed by atoms with Crippen LogP contribution in [0.2, 0.25) is 0 Å². The normalized spacial score (nSPS) is 10.7. The monoisotopic (exact) mass is 476 g/mol. The number of benzene rings is 2. The molecule has 0 spiro atoms. The van der Waals surface area contributed by atoms with Crippen molar-refractivity contribution in [1.29, 1.82) is 0 Å². The van der Waals surface area contributed by atoms with Gasteiger partial charge in [-0.3, -0.25) is 4.98 Å². The van der Waals surface area contributed by atoms with Crippen LogP contribution in [-0.2, 0) is 22.7 Å². The van der Waals surface area contributed by atoms with Crippen LogP contribution in [0.1, 0.15) is 22.4 Å². The van der Waals surface area contributed by atoms with E-state index in [1.165, 1.54) is 23.4 Å². The number of pyridine rings is 1. The zero-order valence-electron chi connectivity index (χ0n) is 19.3. The summed E-state index contributed by atoms with van der Waals surface area (Å²) in [5.41, 5.74) is 6.45. The molecule has 2 heterocycles. The van der Waals surface area contributed by atoms with Crippen LogP contribution in [0, 0.1) is 19.7 Å². The molecule has 0 fully saturated rings. The molecule has 0 bridgehead atoms. The van der Waals surface area contributed by atoms with Crippen molar-refractivity contribution in [2.45, 2.75) is 27.0 Å². The van der Waals surface area contributed by atoms with E-state index >= 15 is 0 Å². The number of hydrogen-bond acceptors (Lipinski definition) is 4. The smallest absolute Gasteiger partial charge is 0.328 e. The van der Waals surface area contributed by atoms with Crippen LogP contribution in [0.4, 0.5) is 4.39 Å². The molecular formula is C27H25FN2O5. The van der Waals surface area contributed by atoms with Gasteiger partial charge in [0.1, 0.15) is 23.7 Å². The largest absolute Gasteiger partial charge is 0.487 e. The molecule has 8 heteroatoms. The molecule has 0 saturated carbocycles. The summed E-state index contributed by atoms with van der Waals surface area (Å²) in [5, 5.41) is 15.6. The van der Waals surface area contributed by atoms with Gasteiger partial charge >= 0.3 is 11.9 Å². The van der Waals surface area contributed by atoms with Gasteiger partial charge in [-0.15, -0.1) is 0 Å². The Bertz CT molecular complexity index is 1330. The highest BCUT2D eigenvalue weighted by Gasteiger charge is 2.16. The van der Waals surface area contributed by atoms with Gasteiger partial charge < -0.3 is 19.5 Å². The van der Waals surface area contributed by atoms with E-state index in [2.05, 4.69) is 35.5 Å². The fourth-order valence-electron chi connectivity index (χ4n) is 3.48. The van der Waals surface area contributed by atoms with Crippen molar-refractivity contribution in [3.05, 3.63) is 107 Å². The van der Waals surface area contributed by atoms with Crippen LogP contribution in [-0.4, -0.2) is 31.7 Å². The summed E-state index contributed by atoms with van der Waals surface area (Å²) in [5.74, 6) is -1.97. The summed E-state index contributed by atoms with van der Waals surface area (Å²) < 4.78 is 21.5. The van der Waals surface area contributed by atoms with Crippen LogP contribution < -0.4 is 4.74 Å². The fraction of sp³-hybridized carbons (Fsp3) is 0.148. The van der Waals surface area contributed by atoms with E-state index in [1.54, 1.807) is 18.3 Å². The second kappa shape index (κ2) is 11.6. The van der Waals surface area contributed by atoms with E-state index < -0.39 is 11.9 Å². The predicted octanol–water partition coefficient (Wildman–Crippen LogP) is 5.13. The number of nitrogens with zero attached hydrogens (tertiary/aromatic N) is 2. The van der Waals surface area contributed by atoms with Gasteiger partial charge in [-0.05, 0) is 42.7 Å². The minimum absolute atomic E-state index is 0.243. The van der Waals surface area contributed by atoms with E-state index in [1.807, 2.05) is 24.3 Å². The molecule has 0 aliphatic heterocycles. The number of fused-ring (bicyclic) bond motifs is 1. The summed E-state index contributed by atoms with van der Waals surface area (Å²) in [4.78, 5) is 23.7. The van der Waals surface area contributed by atoms with E-state index in [4.69, 9.17) is 14.9 Å². The summed E-state index contributed by atoms with van der Waals surface area (Å²) in [7, 11) is 0. The first-order valence-corrected chi connectivity index (χ1v) is 10.8. The van der Waals surface area contributed by atoms with Gasteiger partial charge in [0.05, 0.1) is 5.52 Å². The molecule has 2 N–H and O–H groups in total. The number of ether oxygens (including phenoxy) is 1. The highest BCUT2D eigenvalue weighted by molar-refractivity contribution is 5.89. The number of rotatable bonds is 7. The third-order valence-electron chi connectivity index (χ3n) is 5.32. The SMILES string of the molecule is Cc1c(C)n(Cc2ccccc2)c2c(OCc3ccc(F)cc3)ccnc12.O=C(O)C=CC(=O)O. The van der Waals surface area contributed by atoms with Gasteiger partial charge in [-0.25, -0.2) is 14.0 Å². The van der Waals surface area contributed by atoms with E-state index in [-0.39, 0.29) is 5.82 Å². The van der Waals surface area contributed by atoms with Gasteiger partial charge in [0.15, 0.2) is 0 Å². The highest BCUT2D eigenvalue weighted by atomic mass is 19.1. The van der Waals surface area contributed by atoms with Crippen LogP contribution in [0.25, 0.3) is 11.0 Å². The standard InChI is InChI=1S/C23H21FN2O.C4H4O4/c1-16-17(2)26(14-18-6-4-3-5-7-18)23-21(12-13-25-22(16)23)27-15-19-8-10-20(24)11-9-19;5-3(6)1-2-4(7)8/h3-13H,14-15H2,1-2H3;1-2H,(H,5,6)(H,7,8). The Balaban J connectivity index is 0.000000371. The molecular weight excluding hydrogens is 451 g/mol. The number of carboxylic acid groups (broad SMARTS) is 2. The Morgan fingerprint density at radius 1 is 0.943 bits per heavy atom. The quantitative estimate of drug-likeness (QED) is 0.359. The van der Waals surface area contributed by atoms with Crippen LogP contribution in [0.15, 0.2) is 79.0 Å². The first-order valence-electron chi connectivity index (χ1n) is 10.8. The Hall–Kier alpha value is -4.46. The number of carbonyl (C=O) groups is 2. The van der Waals surface area contributed by atoms with Crippen molar-refractivity contribution in [1.82, 2.24) is 9.55 Å². The number of aryl methyl sites for hydroxylation is 1. The lowest BCUT2D eigenvalue weighted by Crippen LogP contribution is -2.04. The van der Waals surface area contributed by atoms with Gasteiger partial charge in [0.2, 0.25) is 0 Å². The molecule has 0 aliphatic carbocycles. The number of aliphatic carboxylic acids is 2. The minimum atomic E-state index is -1.26. The molecule has 180 valence electrons. The molecule has 0 unspecified atom stereocenters. The Labute approximate surface area is 201 Å². The molecule has 2 aromatic carbocycles. The number of halogens is 1. The zero-order chi connectivity index (χ0) is 25.4. The van der Waals surface area contributed by atoms with E-state index in [9.17, 15) is 14.0 Å². The van der Waals surface area contributed by atoms with Crippen molar-refractivity contribution >= 4 is 23.0 Å².